The van der Waals surface area contributed by atoms with Crippen molar-refractivity contribution >= 4 is 28.2 Å². The smallest absolute Gasteiger partial charge is 0.208 e. The Labute approximate surface area is 105 Å². The zero-order chi connectivity index (χ0) is 12.0. The molecule has 1 rings (SSSR count). The normalized spacial score (nSPS) is 10.4. The maximum atomic E-state index is 4.12. The molecule has 90 valence electrons. The van der Waals surface area contributed by atoms with Crippen molar-refractivity contribution in [3.8, 4) is 0 Å². The number of hydrogen-bond acceptors (Lipinski definition) is 6. The maximum Gasteiger partial charge on any atom is 0.208 e. The molecule has 0 unspecified atom stereocenters. The second kappa shape index (κ2) is 6.88. The van der Waals surface area contributed by atoms with Crippen LogP contribution in [0.5, 0.6) is 0 Å². The Morgan fingerprint density at radius 1 is 1.50 bits per heavy atom. The molecule has 0 atom stereocenters. The van der Waals surface area contributed by atoms with Gasteiger partial charge >= 0.3 is 0 Å². The van der Waals surface area contributed by atoms with Crippen molar-refractivity contribution in [2.45, 2.75) is 11.3 Å². The minimum Gasteiger partial charge on any atom is -0.353 e. The molecule has 1 N–H and O–H groups in total. The Bertz CT molecular complexity index is 335. The first-order valence-corrected chi connectivity index (χ1v) is 6.94. The van der Waals surface area contributed by atoms with Gasteiger partial charge in [0.2, 0.25) is 5.13 Å². The molecule has 16 heavy (non-hydrogen) atoms. The van der Waals surface area contributed by atoms with E-state index in [0.717, 1.165) is 28.3 Å². The summed E-state index contributed by atoms with van der Waals surface area (Å²) in [4.78, 5) is 1.97. The average Bonchev–Trinajstić information content (AvgIpc) is 2.72. The monoisotopic (exact) mass is 258 g/mol. The average molecular weight is 258 g/mol. The number of anilines is 1. The van der Waals surface area contributed by atoms with Gasteiger partial charge in [0.05, 0.1) is 0 Å². The first-order chi connectivity index (χ1) is 7.63. The molecule has 0 saturated heterocycles. The summed E-state index contributed by atoms with van der Waals surface area (Å²) in [5.41, 5.74) is 1.19. The molecule has 0 radical (unpaired) electrons. The third-order valence-electron chi connectivity index (χ3n) is 1.80. The van der Waals surface area contributed by atoms with E-state index in [9.17, 15) is 0 Å². The molecule has 0 aliphatic rings. The van der Waals surface area contributed by atoms with Gasteiger partial charge < -0.3 is 10.2 Å². The molecule has 0 saturated carbocycles. The number of nitrogens with zero attached hydrogens (tertiary/aromatic N) is 3. The number of thioether (sulfide) groups is 1. The first kappa shape index (κ1) is 13.5. The fourth-order valence-electron chi connectivity index (χ4n) is 0.958. The van der Waals surface area contributed by atoms with E-state index >= 15 is 0 Å². The van der Waals surface area contributed by atoms with Gasteiger partial charge in [-0.15, -0.1) is 10.2 Å². The van der Waals surface area contributed by atoms with Crippen LogP contribution >= 0.6 is 23.1 Å². The minimum absolute atomic E-state index is 0.878. The van der Waals surface area contributed by atoms with Gasteiger partial charge in [-0.25, -0.2) is 0 Å². The van der Waals surface area contributed by atoms with Crippen LogP contribution in [0.4, 0.5) is 5.13 Å². The lowest BCUT2D eigenvalue weighted by molar-refractivity contribution is 0.779. The van der Waals surface area contributed by atoms with Crippen LogP contribution in [0.3, 0.4) is 0 Å². The van der Waals surface area contributed by atoms with Crippen LogP contribution < -0.4 is 10.2 Å². The lowest BCUT2D eigenvalue weighted by Gasteiger charge is -2.04. The summed E-state index contributed by atoms with van der Waals surface area (Å²) >= 11 is 3.31. The highest BCUT2D eigenvalue weighted by Gasteiger charge is 2.06. The van der Waals surface area contributed by atoms with Gasteiger partial charge in [0.25, 0.3) is 0 Å². The molecule has 0 aromatic carbocycles. The number of likely N-dealkylation sites (N-methyl/N-ethyl adjacent to an activating group) is 1. The van der Waals surface area contributed by atoms with Gasteiger partial charge in [0.1, 0.15) is 0 Å². The predicted molar refractivity (Wildman–Crippen MR) is 72.6 cm³/mol. The van der Waals surface area contributed by atoms with Crippen molar-refractivity contribution in [2.24, 2.45) is 0 Å². The highest BCUT2D eigenvalue weighted by Crippen LogP contribution is 2.27. The van der Waals surface area contributed by atoms with Gasteiger partial charge in [0, 0.05) is 26.4 Å². The molecule has 6 heteroatoms. The lowest BCUT2D eigenvalue weighted by atomic mass is 10.3. The third-order valence-corrected chi connectivity index (χ3v) is 4.17. The molecule has 4 nitrogen and oxygen atoms in total. The van der Waals surface area contributed by atoms with Crippen LogP contribution in [-0.4, -0.2) is 43.1 Å². The van der Waals surface area contributed by atoms with Crippen molar-refractivity contribution in [1.82, 2.24) is 15.5 Å². The van der Waals surface area contributed by atoms with Gasteiger partial charge in [-0.3, -0.25) is 0 Å². The van der Waals surface area contributed by atoms with Crippen LogP contribution in [0.25, 0.3) is 0 Å². The molecule has 0 aliphatic carbocycles. The summed E-state index contributed by atoms with van der Waals surface area (Å²) in [7, 11) is 3.94. The van der Waals surface area contributed by atoms with E-state index in [1.807, 2.05) is 19.0 Å². The SMILES string of the molecule is C=C(CNCC)CSc1nnc(N(C)C)s1. The molecule has 0 bridgehead atoms. The van der Waals surface area contributed by atoms with E-state index in [1.54, 1.807) is 23.1 Å². The van der Waals surface area contributed by atoms with Gasteiger partial charge in [0.15, 0.2) is 4.34 Å². The van der Waals surface area contributed by atoms with Gasteiger partial charge in [-0.05, 0) is 6.54 Å². The summed E-state index contributed by atoms with van der Waals surface area (Å²) in [5.74, 6) is 0.898. The summed E-state index contributed by atoms with van der Waals surface area (Å²) in [5, 5.41) is 12.4. The molecule has 0 amide bonds. The fraction of sp³-hybridized carbons (Fsp3) is 0.600. The lowest BCUT2D eigenvalue weighted by Crippen LogP contribution is -2.16. The Morgan fingerprint density at radius 3 is 2.81 bits per heavy atom. The molecular formula is C10H18N4S2. The Hall–Kier alpha value is -0.590. The summed E-state index contributed by atoms with van der Waals surface area (Å²) in [6.45, 7) is 7.96. The zero-order valence-electron chi connectivity index (χ0n) is 9.99. The van der Waals surface area contributed by atoms with E-state index in [1.165, 1.54) is 5.57 Å². The van der Waals surface area contributed by atoms with Crippen LogP contribution in [0.2, 0.25) is 0 Å². The van der Waals surface area contributed by atoms with E-state index in [0.29, 0.717) is 0 Å². The number of nitrogens with one attached hydrogen (secondary N) is 1. The quantitative estimate of drug-likeness (QED) is 0.597. The summed E-state index contributed by atoms with van der Waals surface area (Å²) < 4.78 is 1.00. The first-order valence-electron chi connectivity index (χ1n) is 5.14. The van der Waals surface area contributed by atoms with Gasteiger partial charge in [-0.2, -0.15) is 0 Å². The van der Waals surface area contributed by atoms with E-state index < -0.39 is 0 Å². The van der Waals surface area contributed by atoms with Gasteiger partial charge in [-0.1, -0.05) is 42.2 Å². The largest absolute Gasteiger partial charge is 0.353 e. The minimum atomic E-state index is 0.878. The van der Waals surface area contributed by atoms with Crippen LogP contribution in [0.15, 0.2) is 16.5 Å². The predicted octanol–water partition coefficient (Wildman–Crippen LogP) is 1.86. The highest BCUT2D eigenvalue weighted by atomic mass is 32.2. The van der Waals surface area contributed by atoms with E-state index in [2.05, 4.69) is 29.0 Å². The number of rotatable bonds is 7. The molecule has 0 spiro atoms. The Morgan fingerprint density at radius 2 is 2.25 bits per heavy atom. The van der Waals surface area contributed by atoms with Crippen LogP contribution in [0.1, 0.15) is 6.92 Å². The fourth-order valence-corrected chi connectivity index (χ4v) is 2.62. The number of hydrogen-bond donors (Lipinski definition) is 1. The maximum absolute atomic E-state index is 4.12. The molecule has 1 aromatic heterocycles. The standard InChI is InChI=1S/C10H18N4S2/c1-5-11-6-8(2)7-15-10-13-12-9(16-10)14(3)4/h11H,2,5-7H2,1,3-4H3. The zero-order valence-corrected chi connectivity index (χ0v) is 11.6. The van der Waals surface area contributed by atoms with E-state index in [-0.39, 0.29) is 0 Å². The molecular weight excluding hydrogens is 240 g/mol. The van der Waals surface area contributed by atoms with Crippen molar-refractivity contribution in [1.29, 1.82) is 0 Å². The van der Waals surface area contributed by atoms with Crippen LogP contribution in [-0.2, 0) is 0 Å². The molecule has 1 aromatic rings. The second-order valence-corrected chi connectivity index (χ2v) is 5.74. The molecule has 0 fully saturated rings. The summed E-state index contributed by atoms with van der Waals surface area (Å²) in [6, 6.07) is 0. The van der Waals surface area contributed by atoms with Crippen LogP contribution in [0, 0.1) is 0 Å². The molecule has 0 aliphatic heterocycles. The highest BCUT2D eigenvalue weighted by molar-refractivity contribution is 8.01. The molecule has 1 heterocycles. The Balaban J connectivity index is 2.33. The Kier molecular flexibility index (Phi) is 5.79. The van der Waals surface area contributed by atoms with E-state index in [4.69, 9.17) is 0 Å². The van der Waals surface area contributed by atoms with Crippen molar-refractivity contribution in [2.75, 3.05) is 37.8 Å². The van der Waals surface area contributed by atoms with Crippen molar-refractivity contribution in [3.05, 3.63) is 12.2 Å². The van der Waals surface area contributed by atoms with Crippen molar-refractivity contribution in [3.63, 3.8) is 0 Å². The second-order valence-electron chi connectivity index (χ2n) is 3.56. The topological polar surface area (TPSA) is 41.1 Å². The number of aromatic nitrogens is 2. The summed E-state index contributed by atoms with van der Waals surface area (Å²) in [6.07, 6.45) is 0. The van der Waals surface area contributed by atoms with Crippen molar-refractivity contribution < 1.29 is 0 Å². The third kappa shape index (κ3) is 4.51.